The van der Waals surface area contributed by atoms with Gasteiger partial charge in [0.25, 0.3) is 0 Å². The smallest absolute Gasteiger partial charge is 0.335 e. The number of aromatic carboxylic acids is 1. The number of carboxylic acid groups (broad SMARTS) is 1. The standard InChI is InChI=1S/C7H6N2O4S/c10-7(11)5-1-3-6(4-2-5)8-9-14(12)13/h1-4,8H,(H,10,11). The van der Waals surface area contributed by atoms with Crippen molar-refractivity contribution in [1.82, 2.24) is 0 Å². The van der Waals surface area contributed by atoms with Gasteiger partial charge in [-0.1, -0.05) is 4.47 Å². The largest absolute Gasteiger partial charge is 0.478 e. The van der Waals surface area contributed by atoms with Crippen LogP contribution in [0.1, 0.15) is 10.4 Å². The topological polar surface area (TPSA) is 95.8 Å². The van der Waals surface area contributed by atoms with Gasteiger partial charge in [0.15, 0.2) is 0 Å². The van der Waals surface area contributed by atoms with Crippen LogP contribution in [0.4, 0.5) is 5.69 Å². The van der Waals surface area contributed by atoms with Gasteiger partial charge in [-0.25, -0.2) is 4.79 Å². The van der Waals surface area contributed by atoms with Crippen LogP contribution in [0.2, 0.25) is 0 Å². The first kappa shape index (κ1) is 10.2. The summed E-state index contributed by atoms with van der Waals surface area (Å²) in [6.45, 7) is 0. The summed E-state index contributed by atoms with van der Waals surface area (Å²) in [6.07, 6.45) is 0. The molecular weight excluding hydrogens is 208 g/mol. The van der Waals surface area contributed by atoms with Gasteiger partial charge in [0.2, 0.25) is 0 Å². The van der Waals surface area contributed by atoms with Gasteiger partial charge in [-0.05, 0) is 24.3 Å². The minimum Gasteiger partial charge on any atom is -0.478 e. The van der Waals surface area contributed by atoms with Crippen molar-refractivity contribution in [1.29, 1.82) is 0 Å². The molecule has 0 heterocycles. The summed E-state index contributed by atoms with van der Waals surface area (Å²) in [7, 11) is -2.53. The van der Waals surface area contributed by atoms with E-state index in [1.807, 2.05) is 0 Å². The van der Waals surface area contributed by atoms with Crippen molar-refractivity contribution < 1.29 is 18.3 Å². The molecule has 1 aromatic carbocycles. The number of nitrogens with one attached hydrogen (secondary N) is 1. The maximum Gasteiger partial charge on any atom is 0.335 e. The molecule has 0 aliphatic carbocycles. The summed E-state index contributed by atoms with van der Waals surface area (Å²) >= 11 is 0. The molecule has 1 rings (SSSR count). The van der Waals surface area contributed by atoms with E-state index in [0.717, 1.165) is 0 Å². The van der Waals surface area contributed by atoms with E-state index in [9.17, 15) is 13.2 Å². The molecule has 0 saturated carbocycles. The monoisotopic (exact) mass is 214 g/mol. The third kappa shape index (κ3) is 2.87. The van der Waals surface area contributed by atoms with Gasteiger partial charge in [-0.15, -0.1) is 0 Å². The van der Waals surface area contributed by atoms with Crippen LogP contribution in [0, 0.1) is 0 Å². The van der Waals surface area contributed by atoms with Crippen molar-refractivity contribution in [3.05, 3.63) is 29.8 Å². The summed E-state index contributed by atoms with van der Waals surface area (Å²) in [6, 6.07) is 5.52. The fourth-order valence-corrected chi connectivity index (χ4v) is 0.957. The highest BCUT2D eigenvalue weighted by atomic mass is 32.2. The second-order valence-electron chi connectivity index (χ2n) is 2.30. The highest BCUT2D eigenvalue weighted by Crippen LogP contribution is 2.08. The van der Waals surface area contributed by atoms with E-state index in [0.29, 0.717) is 5.69 Å². The van der Waals surface area contributed by atoms with Crippen molar-refractivity contribution in [3.63, 3.8) is 0 Å². The van der Waals surface area contributed by atoms with Crippen molar-refractivity contribution in [2.45, 2.75) is 0 Å². The summed E-state index contributed by atoms with van der Waals surface area (Å²) in [5, 5.41) is 8.55. The Bertz CT molecular complexity index is 455. The number of nitrogens with zero attached hydrogens (tertiary/aromatic N) is 1. The summed E-state index contributed by atoms with van der Waals surface area (Å²) in [4.78, 5) is 10.4. The fourth-order valence-electron chi connectivity index (χ4n) is 0.777. The molecule has 0 fully saturated rings. The lowest BCUT2D eigenvalue weighted by Crippen LogP contribution is -1.95. The van der Waals surface area contributed by atoms with Crippen molar-refractivity contribution >= 4 is 22.2 Å². The molecule has 74 valence electrons. The zero-order valence-electron chi connectivity index (χ0n) is 6.84. The van der Waals surface area contributed by atoms with Crippen LogP contribution in [-0.4, -0.2) is 19.5 Å². The number of hydrogen-bond acceptors (Lipinski definition) is 4. The van der Waals surface area contributed by atoms with Gasteiger partial charge in [0.1, 0.15) is 0 Å². The van der Waals surface area contributed by atoms with Crippen LogP contribution in [0.3, 0.4) is 0 Å². The Kier molecular flexibility index (Phi) is 3.19. The lowest BCUT2D eigenvalue weighted by Gasteiger charge is -1.97. The van der Waals surface area contributed by atoms with Gasteiger partial charge in [-0.2, -0.15) is 8.42 Å². The molecular formula is C7H6N2O4S. The summed E-state index contributed by atoms with van der Waals surface area (Å²) in [5.41, 5.74) is 2.76. The Morgan fingerprint density at radius 3 is 2.29 bits per heavy atom. The van der Waals surface area contributed by atoms with Crippen LogP contribution in [0.5, 0.6) is 0 Å². The number of hydrogen-bond donors (Lipinski definition) is 2. The van der Waals surface area contributed by atoms with E-state index in [1.54, 1.807) is 0 Å². The molecule has 0 atom stereocenters. The Morgan fingerprint density at radius 1 is 1.29 bits per heavy atom. The van der Waals surface area contributed by atoms with E-state index in [2.05, 4.69) is 9.90 Å². The van der Waals surface area contributed by atoms with E-state index in [1.165, 1.54) is 24.3 Å². The third-order valence-electron chi connectivity index (χ3n) is 1.38. The molecule has 7 heteroatoms. The number of rotatable bonds is 3. The lowest BCUT2D eigenvalue weighted by molar-refractivity contribution is 0.0697. The first-order valence-corrected chi connectivity index (χ1v) is 4.52. The van der Waals surface area contributed by atoms with Crippen LogP contribution >= 0.6 is 0 Å². The normalized spacial score (nSPS) is 9.14. The van der Waals surface area contributed by atoms with E-state index >= 15 is 0 Å². The first-order valence-electron chi connectivity index (χ1n) is 3.49. The highest BCUT2D eigenvalue weighted by Gasteiger charge is 2.00. The zero-order valence-corrected chi connectivity index (χ0v) is 7.65. The third-order valence-corrected chi connectivity index (χ3v) is 1.62. The van der Waals surface area contributed by atoms with Crippen LogP contribution in [-0.2, 0) is 10.5 Å². The van der Waals surface area contributed by atoms with Crippen molar-refractivity contribution in [3.8, 4) is 0 Å². The number of anilines is 1. The van der Waals surface area contributed by atoms with Gasteiger partial charge in [0, 0.05) is 0 Å². The fraction of sp³-hybridized carbons (Fsp3) is 0. The molecule has 6 nitrogen and oxygen atoms in total. The minimum atomic E-state index is -2.53. The number of carbonyl (C=O) groups is 1. The average Bonchev–Trinajstić information content (AvgIpc) is 2.15. The average molecular weight is 214 g/mol. The maximum absolute atomic E-state index is 10.4. The molecule has 2 N–H and O–H groups in total. The van der Waals surface area contributed by atoms with Crippen LogP contribution in [0.15, 0.2) is 28.7 Å². The van der Waals surface area contributed by atoms with E-state index in [-0.39, 0.29) is 5.56 Å². The Labute approximate surface area is 80.9 Å². The summed E-state index contributed by atoms with van der Waals surface area (Å²) < 4.78 is 23.0. The maximum atomic E-state index is 10.4. The highest BCUT2D eigenvalue weighted by molar-refractivity contribution is 7.61. The predicted molar refractivity (Wildman–Crippen MR) is 48.4 cm³/mol. The number of benzene rings is 1. The van der Waals surface area contributed by atoms with Crippen molar-refractivity contribution in [2.24, 2.45) is 4.47 Å². The quantitative estimate of drug-likeness (QED) is 0.724. The molecule has 0 saturated heterocycles. The van der Waals surface area contributed by atoms with Gasteiger partial charge in [-0.3, -0.25) is 5.43 Å². The molecule has 1 aromatic rings. The Hall–Kier alpha value is -1.89. The van der Waals surface area contributed by atoms with Crippen LogP contribution < -0.4 is 5.43 Å². The van der Waals surface area contributed by atoms with Crippen molar-refractivity contribution in [2.75, 3.05) is 5.43 Å². The second-order valence-corrected chi connectivity index (χ2v) is 2.92. The number of carboxylic acids is 1. The van der Waals surface area contributed by atoms with Gasteiger partial charge < -0.3 is 5.11 Å². The predicted octanol–water partition coefficient (Wildman–Crippen LogP) is 0.774. The molecule has 0 bridgehead atoms. The molecule has 0 unspecified atom stereocenters. The van der Waals surface area contributed by atoms with E-state index in [4.69, 9.17) is 5.11 Å². The SMILES string of the molecule is O=C(O)c1ccc(NN=S(=O)=O)cc1. The molecule has 0 aromatic heterocycles. The molecule has 0 aliphatic rings. The van der Waals surface area contributed by atoms with Gasteiger partial charge >= 0.3 is 16.5 Å². The molecule has 0 spiro atoms. The zero-order chi connectivity index (χ0) is 10.6. The molecule has 0 aliphatic heterocycles. The van der Waals surface area contributed by atoms with Gasteiger partial charge in [0.05, 0.1) is 11.3 Å². The first-order chi connectivity index (χ1) is 6.59. The molecule has 0 amide bonds. The molecule has 0 radical (unpaired) electrons. The lowest BCUT2D eigenvalue weighted by atomic mass is 10.2. The van der Waals surface area contributed by atoms with Crippen LogP contribution in [0.25, 0.3) is 0 Å². The molecule has 14 heavy (non-hydrogen) atoms. The summed E-state index contributed by atoms with van der Waals surface area (Å²) in [5.74, 6) is -1.04. The minimum absolute atomic E-state index is 0.124. The Balaban J connectivity index is 2.84. The van der Waals surface area contributed by atoms with E-state index < -0.39 is 16.5 Å². The second kappa shape index (κ2) is 4.38. The Morgan fingerprint density at radius 2 is 1.86 bits per heavy atom.